The van der Waals surface area contributed by atoms with Crippen molar-refractivity contribution in [1.29, 1.82) is 0 Å². The van der Waals surface area contributed by atoms with E-state index in [-0.39, 0.29) is 6.09 Å². The van der Waals surface area contributed by atoms with Gasteiger partial charge in [-0.1, -0.05) is 42.5 Å². The van der Waals surface area contributed by atoms with Crippen LogP contribution in [0.4, 0.5) is 16.6 Å². The molecule has 0 saturated heterocycles. The number of nitrogens with one attached hydrogen (secondary N) is 3. The van der Waals surface area contributed by atoms with Crippen LogP contribution in [0.5, 0.6) is 0 Å². The number of anilines is 2. The van der Waals surface area contributed by atoms with E-state index in [1.54, 1.807) is 0 Å². The maximum Gasteiger partial charge on any atom is 0.407 e. The molecule has 0 bridgehead atoms. The van der Waals surface area contributed by atoms with Crippen molar-refractivity contribution in [2.24, 2.45) is 5.92 Å². The molecule has 0 unspecified atom stereocenters. The Kier molecular flexibility index (Phi) is 6.82. The van der Waals surface area contributed by atoms with Crippen LogP contribution in [0.1, 0.15) is 31.2 Å². The monoisotopic (exact) mass is 419 g/mol. The summed E-state index contributed by atoms with van der Waals surface area (Å²) >= 11 is 0. The van der Waals surface area contributed by atoms with Crippen molar-refractivity contribution in [3.05, 3.63) is 60.2 Å². The van der Waals surface area contributed by atoms with Gasteiger partial charge >= 0.3 is 6.09 Å². The summed E-state index contributed by atoms with van der Waals surface area (Å²) in [4.78, 5) is 21.3. The second kappa shape index (κ2) is 10.1. The summed E-state index contributed by atoms with van der Waals surface area (Å²) in [7, 11) is 1.88. The SMILES string of the molecule is CNc1nc(NC2CCC(CNC(=O)OCc3ccccc3)CC2)nc2ccccc12. The van der Waals surface area contributed by atoms with Crippen molar-refractivity contribution < 1.29 is 9.53 Å². The molecule has 1 aliphatic rings. The van der Waals surface area contributed by atoms with E-state index in [4.69, 9.17) is 4.74 Å². The summed E-state index contributed by atoms with van der Waals surface area (Å²) in [5, 5.41) is 10.6. The second-order valence-corrected chi connectivity index (χ2v) is 7.97. The molecule has 4 rings (SSSR count). The van der Waals surface area contributed by atoms with Crippen LogP contribution in [0.2, 0.25) is 0 Å². The van der Waals surface area contributed by atoms with Crippen LogP contribution >= 0.6 is 0 Å². The van der Waals surface area contributed by atoms with Crippen LogP contribution < -0.4 is 16.0 Å². The molecular formula is C24H29N5O2. The number of benzene rings is 2. The third-order valence-electron chi connectivity index (χ3n) is 5.77. The summed E-state index contributed by atoms with van der Waals surface area (Å²) in [5.41, 5.74) is 1.91. The Labute approximate surface area is 182 Å². The largest absolute Gasteiger partial charge is 0.445 e. The number of ether oxygens (including phenoxy) is 1. The number of fused-ring (bicyclic) bond motifs is 1. The number of hydrogen-bond acceptors (Lipinski definition) is 6. The van der Waals surface area contributed by atoms with Gasteiger partial charge in [-0.15, -0.1) is 0 Å². The Hall–Kier alpha value is -3.35. The molecule has 2 aromatic carbocycles. The van der Waals surface area contributed by atoms with E-state index in [2.05, 4.69) is 25.9 Å². The highest BCUT2D eigenvalue weighted by atomic mass is 16.5. The maximum absolute atomic E-state index is 12.0. The van der Waals surface area contributed by atoms with Gasteiger partial charge in [-0.3, -0.25) is 0 Å². The van der Waals surface area contributed by atoms with Crippen LogP contribution in [0, 0.1) is 5.92 Å². The Morgan fingerprint density at radius 1 is 1.00 bits per heavy atom. The van der Waals surface area contributed by atoms with E-state index in [0.717, 1.165) is 48.0 Å². The van der Waals surface area contributed by atoms with Crippen molar-refractivity contribution in [1.82, 2.24) is 15.3 Å². The average Bonchev–Trinajstić information content (AvgIpc) is 2.82. The predicted octanol–water partition coefficient (Wildman–Crippen LogP) is 4.57. The molecule has 0 atom stereocenters. The standard InChI is InChI=1S/C24H29N5O2/c1-25-22-20-9-5-6-10-21(20)28-23(29-22)27-19-13-11-17(12-14-19)15-26-24(30)31-16-18-7-3-2-4-8-18/h2-10,17,19H,11-16H2,1H3,(H,26,30)(H2,25,27,28,29). The fourth-order valence-corrected chi connectivity index (χ4v) is 4.03. The van der Waals surface area contributed by atoms with Crippen molar-refractivity contribution in [2.45, 2.75) is 38.3 Å². The first kappa shape index (κ1) is 20.9. The zero-order valence-electron chi connectivity index (χ0n) is 17.8. The predicted molar refractivity (Wildman–Crippen MR) is 123 cm³/mol. The molecule has 0 spiro atoms. The van der Waals surface area contributed by atoms with Crippen LogP contribution in [-0.2, 0) is 11.3 Å². The lowest BCUT2D eigenvalue weighted by atomic mass is 9.86. The van der Waals surface area contributed by atoms with Gasteiger partial charge in [0.25, 0.3) is 0 Å². The zero-order chi connectivity index (χ0) is 21.5. The highest BCUT2D eigenvalue weighted by Gasteiger charge is 2.22. The van der Waals surface area contributed by atoms with Gasteiger partial charge in [0, 0.05) is 25.0 Å². The normalized spacial score (nSPS) is 18.4. The van der Waals surface area contributed by atoms with E-state index in [9.17, 15) is 4.79 Å². The number of carbonyl (C=O) groups excluding carboxylic acids is 1. The highest BCUT2D eigenvalue weighted by Crippen LogP contribution is 2.27. The highest BCUT2D eigenvalue weighted by molar-refractivity contribution is 5.89. The Bertz CT molecular complexity index is 1000. The minimum absolute atomic E-state index is 0.295. The number of rotatable bonds is 7. The third-order valence-corrected chi connectivity index (χ3v) is 5.77. The van der Waals surface area contributed by atoms with E-state index >= 15 is 0 Å². The number of para-hydroxylation sites is 1. The lowest BCUT2D eigenvalue weighted by Crippen LogP contribution is -2.34. The first-order valence-electron chi connectivity index (χ1n) is 10.9. The van der Waals surface area contributed by atoms with Gasteiger partial charge in [0.1, 0.15) is 12.4 Å². The van der Waals surface area contributed by atoms with Crippen LogP contribution in [0.15, 0.2) is 54.6 Å². The van der Waals surface area contributed by atoms with E-state index < -0.39 is 0 Å². The number of nitrogens with zero attached hydrogens (tertiary/aromatic N) is 2. The zero-order valence-corrected chi connectivity index (χ0v) is 17.8. The minimum atomic E-state index is -0.353. The fourth-order valence-electron chi connectivity index (χ4n) is 4.03. The summed E-state index contributed by atoms with van der Waals surface area (Å²) in [5.74, 6) is 1.96. The summed E-state index contributed by atoms with van der Waals surface area (Å²) in [6, 6.07) is 18.1. The van der Waals surface area contributed by atoms with Gasteiger partial charge in [0.05, 0.1) is 5.52 Å². The van der Waals surface area contributed by atoms with Crippen molar-refractivity contribution in [2.75, 3.05) is 24.2 Å². The number of alkyl carbamates (subject to hydrolysis) is 1. The molecule has 31 heavy (non-hydrogen) atoms. The number of aromatic nitrogens is 2. The maximum atomic E-state index is 12.0. The number of amides is 1. The van der Waals surface area contributed by atoms with Crippen molar-refractivity contribution in [3.63, 3.8) is 0 Å². The Balaban J connectivity index is 1.22. The second-order valence-electron chi connectivity index (χ2n) is 7.97. The van der Waals surface area contributed by atoms with Gasteiger partial charge in [-0.05, 0) is 49.3 Å². The van der Waals surface area contributed by atoms with Gasteiger partial charge < -0.3 is 20.7 Å². The smallest absolute Gasteiger partial charge is 0.407 e. The van der Waals surface area contributed by atoms with E-state index in [1.165, 1.54) is 0 Å². The topological polar surface area (TPSA) is 88.2 Å². The molecule has 1 amide bonds. The first-order chi connectivity index (χ1) is 15.2. The van der Waals surface area contributed by atoms with Crippen molar-refractivity contribution >= 4 is 28.8 Å². The Morgan fingerprint density at radius 2 is 1.74 bits per heavy atom. The van der Waals surface area contributed by atoms with Crippen LogP contribution in [-0.4, -0.2) is 35.7 Å². The molecule has 3 N–H and O–H groups in total. The van der Waals surface area contributed by atoms with Gasteiger partial charge in [-0.2, -0.15) is 4.98 Å². The molecule has 0 radical (unpaired) electrons. The molecule has 7 heteroatoms. The number of carbonyl (C=O) groups is 1. The first-order valence-corrected chi connectivity index (χ1v) is 10.9. The lowest BCUT2D eigenvalue weighted by molar-refractivity contribution is 0.136. The lowest BCUT2D eigenvalue weighted by Gasteiger charge is -2.29. The minimum Gasteiger partial charge on any atom is -0.445 e. The Morgan fingerprint density at radius 3 is 2.52 bits per heavy atom. The van der Waals surface area contributed by atoms with Crippen LogP contribution in [0.3, 0.4) is 0 Å². The summed E-state index contributed by atoms with van der Waals surface area (Å²) in [6.45, 7) is 0.945. The molecule has 1 fully saturated rings. The van der Waals surface area contributed by atoms with E-state index in [1.807, 2.05) is 61.6 Å². The molecule has 1 heterocycles. The van der Waals surface area contributed by atoms with Gasteiger partial charge in [-0.25, -0.2) is 9.78 Å². The van der Waals surface area contributed by atoms with Gasteiger partial charge in [0.15, 0.2) is 0 Å². The van der Waals surface area contributed by atoms with Crippen molar-refractivity contribution in [3.8, 4) is 0 Å². The van der Waals surface area contributed by atoms with E-state index in [0.29, 0.717) is 31.1 Å². The third kappa shape index (κ3) is 5.63. The fraction of sp³-hybridized carbons (Fsp3) is 0.375. The molecule has 3 aromatic rings. The summed E-state index contributed by atoms with van der Waals surface area (Å²) < 4.78 is 5.29. The quantitative estimate of drug-likeness (QED) is 0.520. The molecule has 1 saturated carbocycles. The molecule has 0 aliphatic heterocycles. The summed E-state index contributed by atoms with van der Waals surface area (Å²) in [6.07, 6.45) is 3.78. The van der Waals surface area contributed by atoms with Crippen LogP contribution in [0.25, 0.3) is 10.9 Å². The molecule has 1 aliphatic carbocycles. The molecule has 7 nitrogen and oxygen atoms in total. The molecular weight excluding hydrogens is 390 g/mol. The molecule has 162 valence electrons. The van der Waals surface area contributed by atoms with Gasteiger partial charge in [0.2, 0.25) is 5.95 Å². The molecule has 1 aromatic heterocycles. The number of hydrogen-bond donors (Lipinski definition) is 3. The average molecular weight is 420 g/mol.